The minimum Gasteiger partial charge on any atom is -0.491 e. The van der Waals surface area contributed by atoms with Crippen molar-refractivity contribution in [1.82, 2.24) is 5.32 Å². The van der Waals surface area contributed by atoms with E-state index in [-0.39, 0.29) is 11.9 Å². The average Bonchev–Trinajstić information content (AvgIpc) is 2.53. The second-order valence-electron chi connectivity index (χ2n) is 5.29. The number of hydrogen-bond acceptors (Lipinski definition) is 3. The van der Waals surface area contributed by atoms with Gasteiger partial charge in [-0.2, -0.15) is 0 Å². The highest BCUT2D eigenvalue weighted by molar-refractivity contribution is 8.00. The highest BCUT2D eigenvalue weighted by atomic mass is 35.5. The van der Waals surface area contributed by atoms with E-state index >= 15 is 0 Å². The Hall–Kier alpha value is -1.65. The minimum atomic E-state index is -0.0482. The van der Waals surface area contributed by atoms with E-state index in [0.29, 0.717) is 17.4 Å². The van der Waals surface area contributed by atoms with Gasteiger partial charge in [0.05, 0.1) is 11.8 Å². The number of hydrogen-bond donors (Lipinski definition) is 1. The summed E-state index contributed by atoms with van der Waals surface area (Å²) in [5.74, 6) is 1.21. The molecule has 2 rings (SSSR count). The van der Waals surface area contributed by atoms with Crippen molar-refractivity contribution in [3.8, 4) is 5.75 Å². The zero-order valence-corrected chi connectivity index (χ0v) is 14.8. The third-order valence-corrected chi connectivity index (χ3v) is 4.44. The average molecular weight is 350 g/mol. The predicted molar refractivity (Wildman–Crippen MR) is 96.5 cm³/mol. The monoisotopic (exact) mass is 349 g/mol. The maximum Gasteiger partial charge on any atom is 0.230 e. The Bertz CT molecular complexity index is 646. The fourth-order valence-electron chi connectivity index (χ4n) is 1.97. The first-order chi connectivity index (χ1) is 11.0. The predicted octanol–water partition coefficient (Wildman–Crippen LogP) is 4.32. The van der Waals surface area contributed by atoms with Crippen molar-refractivity contribution in [2.45, 2.75) is 24.8 Å². The zero-order chi connectivity index (χ0) is 16.7. The van der Waals surface area contributed by atoms with Gasteiger partial charge in [-0.05, 0) is 49.7 Å². The molecule has 0 bridgehead atoms. The van der Waals surface area contributed by atoms with Gasteiger partial charge in [0.15, 0.2) is 0 Å². The number of aryl methyl sites for hydroxylation is 1. The number of rotatable bonds is 7. The van der Waals surface area contributed by atoms with Crippen LogP contribution >= 0.6 is 23.4 Å². The molecule has 0 fully saturated rings. The van der Waals surface area contributed by atoms with E-state index in [9.17, 15) is 4.79 Å². The minimum absolute atomic E-state index is 0.00849. The van der Waals surface area contributed by atoms with Crippen LogP contribution in [-0.4, -0.2) is 24.3 Å². The number of ether oxygens (including phenoxy) is 1. The van der Waals surface area contributed by atoms with E-state index in [1.807, 2.05) is 62.4 Å². The summed E-state index contributed by atoms with van der Waals surface area (Å²) < 4.78 is 5.74. The summed E-state index contributed by atoms with van der Waals surface area (Å²) in [6, 6.07) is 15.3. The normalized spacial score (nSPS) is 11.8. The lowest BCUT2D eigenvalue weighted by atomic mass is 10.2. The molecule has 1 N–H and O–H groups in total. The molecule has 3 nitrogen and oxygen atoms in total. The number of thioether (sulfide) groups is 1. The smallest absolute Gasteiger partial charge is 0.230 e. The molecule has 2 aromatic rings. The maximum atomic E-state index is 12.0. The summed E-state index contributed by atoms with van der Waals surface area (Å²) >= 11 is 7.32. The Kier molecular flexibility index (Phi) is 6.81. The first-order valence-electron chi connectivity index (χ1n) is 7.41. The summed E-state index contributed by atoms with van der Waals surface area (Å²) in [6.07, 6.45) is 0. The molecule has 0 spiro atoms. The van der Waals surface area contributed by atoms with Crippen LogP contribution in [0.2, 0.25) is 5.02 Å². The molecule has 0 aliphatic carbocycles. The summed E-state index contributed by atoms with van der Waals surface area (Å²) in [4.78, 5) is 13.0. The van der Waals surface area contributed by atoms with Gasteiger partial charge in [0, 0.05) is 9.92 Å². The zero-order valence-electron chi connectivity index (χ0n) is 13.2. The van der Waals surface area contributed by atoms with Crippen molar-refractivity contribution in [3.05, 3.63) is 59.1 Å². The van der Waals surface area contributed by atoms with Gasteiger partial charge in [0.1, 0.15) is 12.4 Å². The number of amides is 1. The second-order valence-corrected chi connectivity index (χ2v) is 6.77. The van der Waals surface area contributed by atoms with Crippen LogP contribution in [0, 0.1) is 6.92 Å². The van der Waals surface area contributed by atoms with E-state index in [4.69, 9.17) is 16.3 Å². The van der Waals surface area contributed by atoms with Gasteiger partial charge in [0.25, 0.3) is 0 Å². The van der Waals surface area contributed by atoms with E-state index in [1.54, 1.807) is 0 Å². The van der Waals surface area contributed by atoms with Crippen molar-refractivity contribution < 1.29 is 9.53 Å². The van der Waals surface area contributed by atoms with Crippen LogP contribution in [0.3, 0.4) is 0 Å². The summed E-state index contributed by atoms with van der Waals surface area (Å²) in [5, 5.41) is 3.64. The van der Waals surface area contributed by atoms with Crippen LogP contribution in [0.25, 0.3) is 0 Å². The van der Waals surface area contributed by atoms with E-state index in [1.165, 1.54) is 11.8 Å². The molecule has 0 heterocycles. The lowest BCUT2D eigenvalue weighted by Gasteiger charge is -2.16. The molecule has 1 unspecified atom stereocenters. The Labute approximate surface area is 146 Å². The lowest BCUT2D eigenvalue weighted by molar-refractivity contribution is -0.119. The van der Waals surface area contributed by atoms with Gasteiger partial charge in [-0.15, -0.1) is 11.8 Å². The van der Waals surface area contributed by atoms with Crippen molar-refractivity contribution >= 4 is 29.3 Å². The van der Waals surface area contributed by atoms with Crippen molar-refractivity contribution in [1.29, 1.82) is 0 Å². The van der Waals surface area contributed by atoms with Gasteiger partial charge in [0.2, 0.25) is 5.91 Å². The number of carbonyl (C=O) groups is 1. The number of carbonyl (C=O) groups excluding carboxylic acids is 1. The molecule has 1 atom stereocenters. The van der Waals surface area contributed by atoms with Gasteiger partial charge in [-0.3, -0.25) is 4.79 Å². The van der Waals surface area contributed by atoms with E-state index < -0.39 is 0 Å². The Morgan fingerprint density at radius 2 is 1.91 bits per heavy atom. The van der Waals surface area contributed by atoms with Crippen LogP contribution in [0.5, 0.6) is 5.75 Å². The van der Waals surface area contributed by atoms with Gasteiger partial charge < -0.3 is 10.1 Å². The van der Waals surface area contributed by atoms with E-state index in [2.05, 4.69) is 5.32 Å². The molecule has 1 amide bonds. The Morgan fingerprint density at radius 3 is 2.61 bits per heavy atom. The molecule has 0 aliphatic heterocycles. The van der Waals surface area contributed by atoms with Crippen molar-refractivity contribution in [2.75, 3.05) is 12.4 Å². The van der Waals surface area contributed by atoms with Gasteiger partial charge in [-0.25, -0.2) is 0 Å². The number of nitrogens with one attached hydrogen (secondary N) is 1. The SMILES string of the molecule is Cc1ccccc1OCC(C)NC(=O)CSc1ccc(Cl)cc1. The van der Waals surface area contributed by atoms with Crippen LogP contribution in [0.15, 0.2) is 53.4 Å². The third kappa shape index (κ3) is 6.16. The maximum absolute atomic E-state index is 12.0. The number of benzene rings is 2. The fraction of sp³-hybridized carbons (Fsp3) is 0.278. The van der Waals surface area contributed by atoms with Crippen molar-refractivity contribution in [3.63, 3.8) is 0 Å². The van der Waals surface area contributed by atoms with Crippen LogP contribution in [0.4, 0.5) is 0 Å². The lowest BCUT2D eigenvalue weighted by Crippen LogP contribution is -2.37. The molecule has 23 heavy (non-hydrogen) atoms. The molecule has 0 saturated carbocycles. The molecular weight excluding hydrogens is 330 g/mol. The van der Waals surface area contributed by atoms with Crippen LogP contribution < -0.4 is 10.1 Å². The molecule has 0 saturated heterocycles. The Morgan fingerprint density at radius 1 is 1.22 bits per heavy atom. The van der Waals surface area contributed by atoms with E-state index in [0.717, 1.165) is 16.2 Å². The first-order valence-corrected chi connectivity index (χ1v) is 8.77. The van der Waals surface area contributed by atoms with Crippen LogP contribution in [0.1, 0.15) is 12.5 Å². The quantitative estimate of drug-likeness (QED) is 0.756. The van der Waals surface area contributed by atoms with Crippen molar-refractivity contribution in [2.24, 2.45) is 0 Å². The fourth-order valence-corrected chi connectivity index (χ4v) is 2.81. The molecular formula is C18H20ClNO2S. The second kappa shape index (κ2) is 8.85. The molecule has 122 valence electrons. The topological polar surface area (TPSA) is 38.3 Å². The standard InChI is InChI=1S/C18H20ClNO2S/c1-13-5-3-4-6-17(13)22-11-14(2)20-18(21)12-23-16-9-7-15(19)8-10-16/h3-10,14H,11-12H2,1-2H3,(H,20,21). The first kappa shape index (κ1) is 17.7. The largest absolute Gasteiger partial charge is 0.491 e. The Balaban J connectivity index is 1.72. The molecule has 2 aromatic carbocycles. The number of halogens is 1. The molecule has 0 aliphatic rings. The molecule has 0 aromatic heterocycles. The molecule has 0 radical (unpaired) electrons. The molecule has 5 heteroatoms. The van der Waals surface area contributed by atoms with Gasteiger partial charge in [-0.1, -0.05) is 29.8 Å². The summed E-state index contributed by atoms with van der Waals surface area (Å²) in [6.45, 7) is 4.38. The highest BCUT2D eigenvalue weighted by Crippen LogP contribution is 2.20. The third-order valence-electron chi connectivity index (χ3n) is 3.17. The number of para-hydroxylation sites is 1. The van der Waals surface area contributed by atoms with Crippen LogP contribution in [-0.2, 0) is 4.79 Å². The summed E-state index contributed by atoms with van der Waals surface area (Å²) in [7, 11) is 0. The van der Waals surface area contributed by atoms with Gasteiger partial charge >= 0.3 is 0 Å². The summed E-state index contributed by atoms with van der Waals surface area (Å²) in [5.41, 5.74) is 1.09. The highest BCUT2D eigenvalue weighted by Gasteiger charge is 2.09.